The predicted octanol–water partition coefficient (Wildman–Crippen LogP) is 2.53. The molecule has 0 aliphatic carbocycles. The van der Waals surface area contributed by atoms with Crippen molar-refractivity contribution in [3.63, 3.8) is 0 Å². The molecule has 0 aromatic heterocycles. The van der Waals surface area contributed by atoms with Gasteiger partial charge in [-0.1, -0.05) is 41.9 Å². The Bertz CT molecular complexity index is 918. The molecular weight excluding hydrogens is 376 g/mol. The van der Waals surface area contributed by atoms with Gasteiger partial charge in [0.1, 0.15) is 5.75 Å². The number of carbonyl (C=O) groups excluding carboxylic acids is 1. The standard InChI is InChI=1S/C18H19ClN2O4S/c1-20(11-13-6-4-3-5-7-13)18(22)17-12-21(26(2,23)24)15-10-14(19)8-9-16(15)25-17/h3-10,17H,11-12H2,1-2H3/t17-/m1/s1. The zero-order valence-corrected chi connectivity index (χ0v) is 16.0. The summed E-state index contributed by atoms with van der Waals surface area (Å²) >= 11 is 5.98. The van der Waals surface area contributed by atoms with Gasteiger partial charge in [0.2, 0.25) is 10.0 Å². The summed E-state index contributed by atoms with van der Waals surface area (Å²) in [5, 5.41) is 0.395. The number of fused-ring (bicyclic) bond motifs is 1. The van der Waals surface area contributed by atoms with Crippen LogP contribution in [-0.4, -0.2) is 45.2 Å². The number of rotatable bonds is 4. The molecule has 0 saturated heterocycles. The number of likely N-dealkylation sites (N-methyl/N-ethyl adjacent to an activating group) is 1. The summed E-state index contributed by atoms with van der Waals surface area (Å²) in [5.41, 5.74) is 1.32. The molecule has 3 rings (SSSR count). The topological polar surface area (TPSA) is 66.9 Å². The fourth-order valence-corrected chi connectivity index (χ4v) is 3.92. The lowest BCUT2D eigenvalue weighted by molar-refractivity contribution is -0.137. The molecule has 0 radical (unpaired) electrons. The van der Waals surface area contributed by atoms with Gasteiger partial charge in [-0.2, -0.15) is 0 Å². The van der Waals surface area contributed by atoms with Crippen molar-refractivity contribution in [2.24, 2.45) is 0 Å². The molecule has 0 fully saturated rings. The van der Waals surface area contributed by atoms with E-state index in [0.717, 1.165) is 16.1 Å². The number of hydrogen-bond donors (Lipinski definition) is 0. The lowest BCUT2D eigenvalue weighted by Crippen LogP contribution is -2.50. The number of halogens is 1. The highest BCUT2D eigenvalue weighted by Crippen LogP contribution is 2.37. The number of amides is 1. The van der Waals surface area contributed by atoms with E-state index in [4.69, 9.17) is 16.3 Å². The van der Waals surface area contributed by atoms with Crippen LogP contribution in [0, 0.1) is 0 Å². The van der Waals surface area contributed by atoms with Gasteiger partial charge in [-0.3, -0.25) is 9.10 Å². The Kier molecular flexibility index (Phi) is 5.11. The SMILES string of the molecule is CN(Cc1ccccc1)C(=O)[C@H]1CN(S(C)(=O)=O)c2cc(Cl)ccc2O1. The first-order chi connectivity index (χ1) is 12.3. The minimum absolute atomic E-state index is 0.0931. The van der Waals surface area contributed by atoms with Crippen molar-refractivity contribution < 1.29 is 17.9 Å². The van der Waals surface area contributed by atoms with E-state index in [1.54, 1.807) is 19.2 Å². The van der Waals surface area contributed by atoms with Crippen LogP contribution in [0.25, 0.3) is 0 Å². The van der Waals surface area contributed by atoms with E-state index in [-0.39, 0.29) is 12.5 Å². The molecule has 1 atom stereocenters. The Morgan fingerprint density at radius 1 is 1.27 bits per heavy atom. The van der Waals surface area contributed by atoms with Crippen LogP contribution < -0.4 is 9.04 Å². The lowest BCUT2D eigenvalue weighted by atomic mass is 10.2. The van der Waals surface area contributed by atoms with Crippen molar-refractivity contribution >= 4 is 33.2 Å². The third kappa shape index (κ3) is 3.94. The molecule has 26 heavy (non-hydrogen) atoms. The molecule has 1 amide bonds. The molecule has 0 saturated carbocycles. The van der Waals surface area contributed by atoms with Crippen molar-refractivity contribution in [2.75, 3.05) is 24.2 Å². The maximum atomic E-state index is 12.8. The van der Waals surface area contributed by atoms with Crippen LogP contribution in [0.4, 0.5) is 5.69 Å². The van der Waals surface area contributed by atoms with Crippen molar-refractivity contribution in [1.29, 1.82) is 0 Å². The zero-order chi connectivity index (χ0) is 18.9. The van der Waals surface area contributed by atoms with Crippen LogP contribution >= 0.6 is 11.6 Å². The number of anilines is 1. The number of nitrogens with zero attached hydrogens (tertiary/aromatic N) is 2. The Morgan fingerprint density at radius 2 is 1.96 bits per heavy atom. The molecule has 0 spiro atoms. The Labute approximate surface area is 158 Å². The molecule has 2 aromatic rings. The largest absolute Gasteiger partial charge is 0.476 e. The molecule has 1 aliphatic heterocycles. The van der Waals surface area contributed by atoms with Crippen molar-refractivity contribution in [3.8, 4) is 5.75 Å². The van der Waals surface area contributed by atoms with Crippen molar-refractivity contribution in [3.05, 3.63) is 59.1 Å². The summed E-state index contributed by atoms with van der Waals surface area (Å²) in [6, 6.07) is 14.2. The molecule has 1 aliphatic rings. The molecule has 0 bridgehead atoms. The Balaban J connectivity index is 1.85. The number of benzene rings is 2. The average molecular weight is 395 g/mol. The molecule has 138 valence electrons. The second-order valence-electron chi connectivity index (χ2n) is 6.19. The number of sulfonamides is 1. The van der Waals surface area contributed by atoms with E-state index in [0.29, 0.717) is 23.0 Å². The van der Waals surface area contributed by atoms with Crippen LogP contribution in [0.1, 0.15) is 5.56 Å². The molecule has 0 N–H and O–H groups in total. The maximum Gasteiger partial charge on any atom is 0.265 e. The van der Waals surface area contributed by atoms with Crippen LogP contribution in [0.3, 0.4) is 0 Å². The third-order valence-electron chi connectivity index (χ3n) is 4.11. The highest BCUT2D eigenvalue weighted by Gasteiger charge is 2.36. The van der Waals surface area contributed by atoms with Crippen molar-refractivity contribution in [2.45, 2.75) is 12.6 Å². The Morgan fingerprint density at radius 3 is 2.62 bits per heavy atom. The summed E-state index contributed by atoms with van der Waals surface area (Å²) in [6.45, 7) is 0.315. The number of carbonyl (C=O) groups is 1. The monoisotopic (exact) mass is 394 g/mol. The van der Waals surface area contributed by atoms with Gasteiger partial charge in [-0.25, -0.2) is 8.42 Å². The van der Waals surface area contributed by atoms with Gasteiger partial charge in [0.15, 0.2) is 6.10 Å². The molecule has 8 heteroatoms. The van der Waals surface area contributed by atoms with E-state index in [1.165, 1.54) is 11.0 Å². The molecule has 6 nitrogen and oxygen atoms in total. The molecule has 2 aromatic carbocycles. The smallest absolute Gasteiger partial charge is 0.265 e. The summed E-state index contributed by atoms with van der Waals surface area (Å²) in [5.74, 6) is 0.0284. The second-order valence-corrected chi connectivity index (χ2v) is 8.54. The fraction of sp³-hybridized carbons (Fsp3) is 0.278. The van der Waals surface area contributed by atoms with E-state index in [2.05, 4.69) is 0 Å². The van der Waals surface area contributed by atoms with Gasteiger partial charge in [0.05, 0.1) is 18.5 Å². The van der Waals surface area contributed by atoms with Crippen molar-refractivity contribution in [1.82, 2.24) is 4.90 Å². The normalized spacial score (nSPS) is 16.6. The zero-order valence-electron chi connectivity index (χ0n) is 14.4. The molecule has 0 unspecified atom stereocenters. The first-order valence-corrected chi connectivity index (χ1v) is 10.2. The number of ether oxygens (including phenoxy) is 1. The third-order valence-corrected chi connectivity index (χ3v) is 5.49. The Hall–Kier alpha value is -2.25. The average Bonchev–Trinajstić information content (AvgIpc) is 2.60. The summed E-state index contributed by atoms with van der Waals surface area (Å²) in [6.07, 6.45) is 0.171. The highest BCUT2D eigenvalue weighted by atomic mass is 35.5. The fourth-order valence-electron chi connectivity index (χ4n) is 2.85. The van der Waals surface area contributed by atoms with Crippen LogP contribution in [-0.2, 0) is 21.4 Å². The van der Waals surface area contributed by atoms with Crippen LogP contribution in [0.15, 0.2) is 48.5 Å². The molecule has 1 heterocycles. The predicted molar refractivity (Wildman–Crippen MR) is 101 cm³/mol. The minimum atomic E-state index is -3.58. The van der Waals surface area contributed by atoms with Gasteiger partial charge in [0.25, 0.3) is 5.91 Å². The maximum absolute atomic E-state index is 12.8. The van der Waals surface area contributed by atoms with Gasteiger partial charge in [-0.05, 0) is 23.8 Å². The first kappa shape index (κ1) is 18.5. The van der Waals surface area contributed by atoms with Gasteiger partial charge < -0.3 is 9.64 Å². The van der Waals surface area contributed by atoms with E-state index >= 15 is 0 Å². The number of hydrogen-bond acceptors (Lipinski definition) is 4. The summed E-state index contributed by atoms with van der Waals surface area (Å²) in [4.78, 5) is 14.3. The summed E-state index contributed by atoms with van der Waals surface area (Å²) in [7, 11) is -1.92. The van der Waals surface area contributed by atoms with Gasteiger partial charge in [0, 0.05) is 18.6 Å². The second kappa shape index (κ2) is 7.17. The summed E-state index contributed by atoms with van der Waals surface area (Å²) < 4.78 is 31.3. The first-order valence-electron chi connectivity index (χ1n) is 7.98. The minimum Gasteiger partial charge on any atom is -0.476 e. The quantitative estimate of drug-likeness (QED) is 0.799. The van der Waals surface area contributed by atoms with Gasteiger partial charge in [-0.15, -0.1) is 0 Å². The highest BCUT2D eigenvalue weighted by molar-refractivity contribution is 7.92. The van der Waals surface area contributed by atoms with E-state index in [1.807, 2.05) is 30.3 Å². The van der Waals surface area contributed by atoms with Gasteiger partial charge >= 0.3 is 0 Å². The lowest BCUT2D eigenvalue weighted by Gasteiger charge is -2.35. The molecular formula is C18H19ClN2O4S. The van der Waals surface area contributed by atoms with Crippen LogP contribution in [0.2, 0.25) is 5.02 Å². The van der Waals surface area contributed by atoms with E-state index in [9.17, 15) is 13.2 Å². The van der Waals surface area contributed by atoms with E-state index < -0.39 is 16.1 Å². The van der Waals surface area contributed by atoms with Crippen LogP contribution in [0.5, 0.6) is 5.75 Å².